The van der Waals surface area contributed by atoms with Crippen LogP contribution in [-0.2, 0) is 29.5 Å². The van der Waals surface area contributed by atoms with Crippen LogP contribution in [0.4, 0.5) is 0 Å². The number of para-hydroxylation sites is 1. The van der Waals surface area contributed by atoms with Crippen LogP contribution in [0.1, 0.15) is 37.4 Å². The lowest BCUT2D eigenvalue weighted by atomic mass is 10.0. The van der Waals surface area contributed by atoms with Crippen molar-refractivity contribution in [2.45, 2.75) is 51.1 Å². The van der Waals surface area contributed by atoms with E-state index in [4.69, 9.17) is 0 Å². The Labute approximate surface area is 184 Å². The predicted molar refractivity (Wildman–Crippen MR) is 124 cm³/mol. The summed E-state index contributed by atoms with van der Waals surface area (Å²) in [5.74, 6) is -0.126. The highest BCUT2D eigenvalue weighted by Crippen LogP contribution is 2.25. The molecule has 162 valence electrons. The molecule has 2 aromatic carbocycles. The lowest BCUT2D eigenvalue weighted by molar-refractivity contribution is -0.136. The molecule has 2 heterocycles. The number of hydrogen-bond acceptors (Lipinski definition) is 2. The van der Waals surface area contributed by atoms with Gasteiger partial charge >= 0.3 is 0 Å². The minimum Gasteiger partial charge on any atom is -0.348 e. The molecular formula is C26H31N3O2. The topological polar surface area (TPSA) is 54.3 Å². The zero-order valence-electron chi connectivity index (χ0n) is 18.4. The van der Waals surface area contributed by atoms with E-state index in [-0.39, 0.29) is 17.9 Å². The maximum Gasteiger partial charge on any atom is 0.245 e. The first kappa shape index (κ1) is 21.2. The van der Waals surface area contributed by atoms with Gasteiger partial charge < -0.3 is 14.8 Å². The van der Waals surface area contributed by atoms with Gasteiger partial charge in [0.05, 0.1) is 0 Å². The summed E-state index contributed by atoms with van der Waals surface area (Å²) in [6.45, 7) is 2.25. The third kappa shape index (κ3) is 4.82. The van der Waals surface area contributed by atoms with Gasteiger partial charge in [-0.05, 0) is 48.8 Å². The first-order valence-electron chi connectivity index (χ1n) is 11.2. The summed E-state index contributed by atoms with van der Waals surface area (Å²) >= 11 is 0. The minimum absolute atomic E-state index is 0.0404. The second-order valence-electron chi connectivity index (χ2n) is 8.56. The van der Waals surface area contributed by atoms with Crippen LogP contribution in [-0.4, -0.2) is 39.9 Å². The molecule has 3 aromatic rings. The Balaban J connectivity index is 1.45. The van der Waals surface area contributed by atoms with Crippen molar-refractivity contribution in [1.29, 1.82) is 0 Å². The summed E-state index contributed by atoms with van der Waals surface area (Å²) in [5.41, 5.74) is 3.59. The van der Waals surface area contributed by atoms with Crippen LogP contribution in [0.15, 0.2) is 60.7 Å². The van der Waals surface area contributed by atoms with Crippen molar-refractivity contribution >= 4 is 22.7 Å². The average molecular weight is 418 g/mol. The molecule has 0 bridgehead atoms. The van der Waals surface area contributed by atoms with Crippen LogP contribution in [0.3, 0.4) is 0 Å². The largest absolute Gasteiger partial charge is 0.348 e. The molecule has 31 heavy (non-hydrogen) atoms. The summed E-state index contributed by atoms with van der Waals surface area (Å²) in [6, 6.07) is 20.3. The maximum absolute atomic E-state index is 13.4. The standard InChI is InChI=1S/C26H31N3O2/c1-19(30)27-24(17-20-9-4-3-5-10-20)26(31)29-16-8-12-22(29)14-15-23-18-21-11-6-7-13-25(21)28(23)2/h3-7,9-11,13,18,22,24H,8,12,14-17H2,1-2H3,(H,27,30)/t22-,24+/m0/s1. The van der Waals surface area contributed by atoms with Gasteiger partial charge in [0.2, 0.25) is 11.8 Å². The zero-order chi connectivity index (χ0) is 21.8. The van der Waals surface area contributed by atoms with Crippen molar-refractivity contribution in [1.82, 2.24) is 14.8 Å². The summed E-state index contributed by atoms with van der Waals surface area (Å²) in [5, 5.41) is 4.15. The number of rotatable bonds is 7. The van der Waals surface area contributed by atoms with Gasteiger partial charge in [-0.25, -0.2) is 0 Å². The van der Waals surface area contributed by atoms with Crippen LogP contribution in [0.2, 0.25) is 0 Å². The number of aromatic nitrogens is 1. The van der Waals surface area contributed by atoms with Crippen molar-refractivity contribution in [3.63, 3.8) is 0 Å². The normalized spacial score (nSPS) is 17.1. The number of aryl methyl sites for hydroxylation is 2. The molecule has 1 N–H and O–H groups in total. The fourth-order valence-electron chi connectivity index (χ4n) is 4.82. The highest BCUT2D eigenvalue weighted by molar-refractivity contribution is 5.87. The molecular weight excluding hydrogens is 386 g/mol. The van der Waals surface area contributed by atoms with Crippen molar-refractivity contribution in [2.75, 3.05) is 6.54 Å². The lowest BCUT2D eigenvalue weighted by Gasteiger charge is -2.29. The van der Waals surface area contributed by atoms with Gasteiger partial charge in [-0.3, -0.25) is 9.59 Å². The van der Waals surface area contributed by atoms with Crippen molar-refractivity contribution in [3.8, 4) is 0 Å². The SMILES string of the molecule is CC(=O)N[C@H](Cc1ccccc1)C(=O)N1CCC[C@H]1CCc1cc2ccccc2n1C. The quantitative estimate of drug-likeness (QED) is 0.635. The molecule has 1 fully saturated rings. The molecule has 0 radical (unpaired) electrons. The molecule has 5 heteroatoms. The average Bonchev–Trinajstić information content (AvgIpc) is 3.36. The summed E-state index contributed by atoms with van der Waals surface area (Å²) in [4.78, 5) is 27.2. The number of carbonyl (C=O) groups excluding carboxylic acids is 2. The number of amides is 2. The summed E-state index contributed by atoms with van der Waals surface area (Å²) in [7, 11) is 2.11. The molecule has 4 rings (SSSR count). The van der Waals surface area contributed by atoms with E-state index in [1.165, 1.54) is 23.5 Å². The van der Waals surface area contributed by atoms with E-state index in [1.54, 1.807) is 0 Å². The molecule has 0 unspecified atom stereocenters. The fourth-order valence-corrected chi connectivity index (χ4v) is 4.82. The molecule has 5 nitrogen and oxygen atoms in total. The Morgan fingerprint density at radius 2 is 1.84 bits per heavy atom. The molecule has 2 amide bonds. The molecule has 2 atom stereocenters. The predicted octanol–water partition coefficient (Wildman–Crippen LogP) is 3.85. The van der Waals surface area contributed by atoms with E-state index in [0.717, 1.165) is 37.8 Å². The van der Waals surface area contributed by atoms with Gasteiger partial charge in [-0.15, -0.1) is 0 Å². The van der Waals surface area contributed by atoms with Gasteiger partial charge in [0.1, 0.15) is 6.04 Å². The molecule has 1 aromatic heterocycles. The van der Waals surface area contributed by atoms with E-state index >= 15 is 0 Å². The molecule has 1 aliphatic rings. The van der Waals surface area contributed by atoms with E-state index < -0.39 is 6.04 Å². The summed E-state index contributed by atoms with van der Waals surface area (Å²) in [6.07, 6.45) is 4.43. The van der Waals surface area contributed by atoms with Gasteiger partial charge in [-0.1, -0.05) is 48.5 Å². The molecule has 0 spiro atoms. The zero-order valence-corrected chi connectivity index (χ0v) is 18.4. The smallest absolute Gasteiger partial charge is 0.245 e. The highest BCUT2D eigenvalue weighted by Gasteiger charge is 2.33. The second-order valence-corrected chi connectivity index (χ2v) is 8.56. The van der Waals surface area contributed by atoms with Gasteiger partial charge in [0.25, 0.3) is 0 Å². The monoisotopic (exact) mass is 417 g/mol. The van der Waals surface area contributed by atoms with Gasteiger partial charge in [0, 0.05) is 44.2 Å². The van der Waals surface area contributed by atoms with E-state index in [2.05, 4.69) is 47.3 Å². The Kier molecular flexibility index (Phi) is 6.40. The molecule has 0 saturated carbocycles. The first-order chi connectivity index (χ1) is 15.0. The third-order valence-corrected chi connectivity index (χ3v) is 6.40. The van der Waals surface area contributed by atoms with Crippen LogP contribution >= 0.6 is 0 Å². The Hall–Kier alpha value is -3.08. The van der Waals surface area contributed by atoms with E-state index in [1.807, 2.05) is 35.2 Å². The van der Waals surface area contributed by atoms with Gasteiger partial charge in [0.15, 0.2) is 0 Å². The molecule has 1 aliphatic heterocycles. The number of hydrogen-bond donors (Lipinski definition) is 1. The van der Waals surface area contributed by atoms with Gasteiger partial charge in [-0.2, -0.15) is 0 Å². The van der Waals surface area contributed by atoms with Crippen LogP contribution in [0.25, 0.3) is 10.9 Å². The molecule has 0 aliphatic carbocycles. The van der Waals surface area contributed by atoms with Crippen molar-refractivity contribution in [3.05, 3.63) is 71.9 Å². The lowest BCUT2D eigenvalue weighted by Crippen LogP contribution is -2.50. The number of nitrogens with zero attached hydrogens (tertiary/aromatic N) is 2. The maximum atomic E-state index is 13.4. The summed E-state index contributed by atoms with van der Waals surface area (Å²) < 4.78 is 2.26. The Bertz CT molecular complexity index is 1060. The van der Waals surface area contributed by atoms with E-state index in [9.17, 15) is 9.59 Å². The molecule has 1 saturated heterocycles. The highest BCUT2D eigenvalue weighted by atomic mass is 16.2. The van der Waals surface area contributed by atoms with Crippen LogP contribution in [0.5, 0.6) is 0 Å². The van der Waals surface area contributed by atoms with Crippen LogP contribution in [0, 0.1) is 0 Å². The number of fused-ring (bicyclic) bond motifs is 1. The van der Waals surface area contributed by atoms with Crippen molar-refractivity contribution < 1.29 is 9.59 Å². The first-order valence-corrected chi connectivity index (χ1v) is 11.2. The second kappa shape index (κ2) is 9.38. The number of likely N-dealkylation sites (tertiary alicyclic amines) is 1. The van der Waals surface area contributed by atoms with E-state index in [0.29, 0.717) is 6.42 Å². The number of benzene rings is 2. The minimum atomic E-state index is -0.516. The van der Waals surface area contributed by atoms with Crippen LogP contribution < -0.4 is 5.32 Å². The Morgan fingerprint density at radius 3 is 2.58 bits per heavy atom. The fraction of sp³-hybridized carbons (Fsp3) is 0.385. The van der Waals surface area contributed by atoms with Crippen molar-refractivity contribution in [2.24, 2.45) is 7.05 Å². The third-order valence-electron chi connectivity index (χ3n) is 6.40. The Morgan fingerprint density at radius 1 is 1.10 bits per heavy atom. The number of nitrogens with one attached hydrogen (secondary N) is 1. The number of carbonyl (C=O) groups is 2.